The maximum Gasteiger partial charge on any atom is -1.00 e. The van der Waals surface area contributed by atoms with Crippen molar-refractivity contribution in [3.8, 4) is 0 Å². The van der Waals surface area contributed by atoms with E-state index < -0.39 is 22.3 Å². The molecule has 0 radical (unpaired) electrons. The van der Waals surface area contributed by atoms with Crippen LogP contribution in [0.5, 0.6) is 0 Å². The Hall–Kier alpha value is -1.99. The van der Waals surface area contributed by atoms with Gasteiger partial charge in [0, 0.05) is 0 Å². The van der Waals surface area contributed by atoms with Crippen molar-refractivity contribution in [3.63, 3.8) is 0 Å². The smallest absolute Gasteiger partial charge is 1.00 e. The van der Waals surface area contributed by atoms with Crippen LogP contribution in [-0.4, -0.2) is 7.42 Å². The molecule has 0 saturated heterocycles. The fraction of sp³-hybridized carbons (Fsp3) is 0.354. The molecular weight excluding hydrogens is 810 g/mol. The Morgan fingerprint density at radius 2 is 1.04 bits per heavy atom. The van der Waals surface area contributed by atoms with E-state index >= 15 is 0 Å². The van der Waals surface area contributed by atoms with Crippen LogP contribution in [0.25, 0.3) is 21.5 Å². The number of halogens is 4. The molecule has 5 aromatic carbocycles. The van der Waals surface area contributed by atoms with Crippen molar-refractivity contribution in [1.29, 1.82) is 0 Å². The number of allylic oxidation sites excluding steroid dienone is 4. The summed E-state index contributed by atoms with van der Waals surface area (Å²) in [7, 11) is 0. The topological polar surface area (TPSA) is 0 Å². The summed E-state index contributed by atoms with van der Waals surface area (Å²) in [4.78, 5) is 0. The Morgan fingerprint density at radius 3 is 1.36 bits per heavy atom. The molecule has 1 atom stereocenters. The Bertz CT molecular complexity index is 1930. The summed E-state index contributed by atoms with van der Waals surface area (Å²) < 4.78 is 4.66. The summed E-state index contributed by atoms with van der Waals surface area (Å²) in [6, 6.07) is 32.1. The quantitative estimate of drug-likeness (QED) is 0.159. The Labute approximate surface area is 354 Å². The minimum absolute atomic E-state index is 0. The zero-order valence-electron chi connectivity index (χ0n) is 33.4. The van der Waals surface area contributed by atoms with Crippen molar-refractivity contribution >= 4 is 52.2 Å². The summed E-state index contributed by atoms with van der Waals surface area (Å²) in [5, 5.41) is 7.06. The van der Waals surface area contributed by atoms with E-state index in [1.54, 1.807) is 0 Å². The van der Waals surface area contributed by atoms with Gasteiger partial charge < -0.3 is 24.8 Å². The van der Waals surface area contributed by atoms with Gasteiger partial charge in [-0.15, -0.1) is 39.7 Å². The Kier molecular flexibility index (Phi) is 18.0. The van der Waals surface area contributed by atoms with Gasteiger partial charge in [0.15, 0.2) is 0 Å². The molecule has 0 N–H and O–H groups in total. The van der Waals surface area contributed by atoms with Gasteiger partial charge in [0.1, 0.15) is 0 Å². The van der Waals surface area contributed by atoms with Crippen LogP contribution in [-0.2, 0) is 33.1 Å². The van der Waals surface area contributed by atoms with Gasteiger partial charge in [0.2, 0.25) is 0 Å². The SMILES string of the molecule is CC(C)(C)c1ccc2[cH-]c3ccc(C(C)(C)C)cc3c2c1.CCC1=[C-]C(CC)C=C1C(C)(C)C.Clc1ccc([CH]=[Zr]=[CH]c2ccc(Cl)cc2)cc1.[Cl-].[Cl-]. The third kappa shape index (κ3) is 13.6. The van der Waals surface area contributed by atoms with E-state index in [-0.39, 0.29) is 35.6 Å². The van der Waals surface area contributed by atoms with Crippen LogP contribution in [0.4, 0.5) is 0 Å². The molecule has 0 amide bonds. The molecule has 1 aliphatic rings. The van der Waals surface area contributed by atoms with Crippen molar-refractivity contribution in [1.82, 2.24) is 0 Å². The molecule has 6 rings (SSSR count). The molecule has 5 heteroatoms. The number of rotatable bonds is 4. The molecule has 53 heavy (non-hydrogen) atoms. The third-order valence-electron chi connectivity index (χ3n) is 9.33. The van der Waals surface area contributed by atoms with Crippen LogP contribution in [0.3, 0.4) is 0 Å². The molecule has 0 nitrogen and oxygen atoms in total. The van der Waals surface area contributed by atoms with Crippen LogP contribution >= 0.6 is 23.2 Å². The summed E-state index contributed by atoms with van der Waals surface area (Å²) in [5.74, 6) is 0.573. The Balaban J connectivity index is 0.000000278. The average molecular weight is 866 g/mol. The number of benzene rings is 4. The van der Waals surface area contributed by atoms with Gasteiger partial charge in [-0.25, -0.2) is 5.57 Å². The van der Waals surface area contributed by atoms with Crippen LogP contribution in [0.1, 0.15) is 111 Å². The molecule has 1 unspecified atom stereocenters. The van der Waals surface area contributed by atoms with E-state index in [2.05, 4.69) is 162 Å². The largest absolute Gasteiger partial charge is 1.00 e. The molecule has 0 saturated carbocycles. The number of hydrogen-bond acceptors (Lipinski definition) is 0. The van der Waals surface area contributed by atoms with Crippen molar-refractivity contribution < 1.29 is 47.1 Å². The summed E-state index contributed by atoms with van der Waals surface area (Å²) in [5.41, 5.74) is 8.96. The zero-order valence-corrected chi connectivity index (χ0v) is 38.9. The van der Waals surface area contributed by atoms with Gasteiger partial charge in [0.05, 0.1) is 0 Å². The maximum atomic E-state index is 5.84. The van der Waals surface area contributed by atoms with E-state index in [0.29, 0.717) is 11.3 Å². The van der Waals surface area contributed by atoms with Gasteiger partial charge in [0.25, 0.3) is 0 Å². The van der Waals surface area contributed by atoms with Crippen molar-refractivity contribution in [2.75, 3.05) is 0 Å². The fourth-order valence-electron chi connectivity index (χ4n) is 6.14. The minimum atomic E-state index is -0.623. The molecule has 0 aliphatic heterocycles. The number of fused-ring (bicyclic) bond motifs is 3. The standard InChI is InChI=1S/C21H25.C13H21.2C7H5Cl.2ClH.Zr/c1-20(2,3)16-9-7-14-11-15-8-10-17(21(4,5)6)13-19(15)18(14)12-16;1-6-10-8-11(7-2)12(9-10)13(3,4)5;2*1-6-2-4-7(8)5-3-6;;;/h7-13H,1-6H3;9-10H,6-7H2,1-5H3;2*1-5H;2*1H;/q2*-1;;;;;/p-2. The molecular formula is C48H56Cl4Zr-4. The Morgan fingerprint density at radius 1 is 0.623 bits per heavy atom. The van der Waals surface area contributed by atoms with E-state index in [0.717, 1.165) is 16.5 Å². The van der Waals surface area contributed by atoms with Crippen molar-refractivity contribution in [3.05, 3.63) is 147 Å². The van der Waals surface area contributed by atoms with Crippen molar-refractivity contribution in [2.45, 2.75) is 99.8 Å². The second-order valence-corrected chi connectivity index (χ2v) is 19.7. The van der Waals surface area contributed by atoms with Gasteiger partial charge in [-0.3, -0.25) is 6.08 Å². The monoisotopic (exact) mass is 862 g/mol. The van der Waals surface area contributed by atoms with E-state index in [1.165, 1.54) is 61.4 Å². The van der Waals surface area contributed by atoms with Gasteiger partial charge in [-0.2, -0.15) is 11.6 Å². The predicted octanol–water partition coefficient (Wildman–Crippen LogP) is 8.53. The van der Waals surface area contributed by atoms with Gasteiger partial charge in [-0.05, 0) is 10.8 Å². The first-order valence-electron chi connectivity index (χ1n) is 18.3. The first kappa shape index (κ1) is 47.2. The van der Waals surface area contributed by atoms with Gasteiger partial charge >= 0.3 is 123 Å². The first-order chi connectivity index (χ1) is 23.9. The number of hydrogen-bond donors (Lipinski definition) is 0. The summed E-state index contributed by atoms with van der Waals surface area (Å²) in [6.07, 6.45) is 8.28. The fourth-order valence-corrected chi connectivity index (χ4v) is 8.49. The normalized spacial score (nSPS) is 13.9. The molecule has 0 bridgehead atoms. The van der Waals surface area contributed by atoms with Crippen LogP contribution in [0.2, 0.25) is 10.0 Å². The average Bonchev–Trinajstić information content (AvgIpc) is 3.67. The van der Waals surface area contributed by atoms with Crippen LogP contribution in [0, 0.1) is 17.4 Å². The van der Waals surface area contributed by atoms with E-state index in [1.807, 2.05) is 24.3 Å². The van der Waals surface area contributed by atoms with E-state index in [9.17, 15) is 0 Å². The molecule has 0 heterocycles. The molecule has 284 valence electrons. The van der Waals surface area contributed by atoms with Crippen molar-refractivity contribution in [2.24, 2.45) is 11.3 Å². The zero-order chi connectivity index (χ0) is 37.6. The molecule has 1 aliphatic carbocycles. The third-order valence-corrected chi connectivity index (χ3v) is 12.3. The molecule has 0 aromatic heterocycles. The van der Waals surface area contributed by atoms with Gasteiger partial charge in [-0.1, -0.05) is 136 Å². The first-order valence-corrected chi connectivity index (χ1v) is 21.9. The van der Waals surface area contributed by atoms with Crippen LogP contribution in [0.15, 0.2) is 108 Å². The summed E-state index contributed by atoms with van der Waals surface area (Å²) in [6.45, 7) is 25.0. The molecule has 0 spiro atoms. The van der Waals surface area contributed by atoms with E-state index in [4.69, 9.17) is 23.2 Å². The van der Waals surface area contributed by atoms with Crippen LogP contribution < -0.4 is 24.8 Å². The maximum absolute atomic E-state index is 5.84. The molecule has 5 aromatic rings. The predicted molar refractivity (Wildman–Crippen MR) is 226 cm³/mol. The molecule has 0 fully saturated rings. The minimum Gasteiger partial charge on any atom is -1.00 e. The summed E-state index contributed by atoms with van der Waals surface area (Å²) >= 11 is 11.0. The second-order valence-electron chi connectivity index (χ2n) is 16.6. The second kappa shape index (κ2) is 20.3.